The third-order valence-electron chi connectivity index (χ3n) is 2.46. The molecule has 94 valence electrons. The molecule has 0 saturated heterocycles. The molecule has 0 saturated carbocycles. The van der Waals surface area contributed by atoms with Crippen molar-refractivity contribution >= 4 is 11.7 Å². The van der Waals surface area contributed by atoms with E-state index in [4.69, 9.17) is 5.73 Å². The fraction of sp³-hybridized carbons (Fsp3) is 0.500. The van der Waals surface area contributed by atoms with Crippen LogP contribution in [0.5, 0.6) is 0 Å². The first-order chi connectivity index (χ1) is 7.97. The Morgan fingerprint density at radius 3 is 2.76 bits per heavy atom. The second-order valence-corrected chi connectivity index (χ2v) is 4.18. The second-order valence-electron chi connectivity index (χ2n) is 4.18. The van der Waals surface area contributed by atoms with Crippen molar-refractivity contribution in [1.82, 2.24) is 9.88 Å². The van der Waals surface area contributed by atoms with Crippen LogP contribution >= 0.6 is 0 Å². The average molecular weight is 239 g/mol. The summed E-state index contributed by atoms with van der Waals surface area (Å²) in [7, 11) is 0. The van der Waals surface area contributed by atoms with E-state index in [1.165, 1.54) is 0 Å². The molecule has 1 amide bonds. The van der Waals surface area contributed by atoms with Gasteiger partial charge in [-0.3, -0.25) is 4.79 Å². The van der Waals surface area contributed by atoms with E-state index in [0.717, 1.165) is 18.7 Å². The molecule has 5 heteroatoms. The molecule has 0 radical (unpaired) electrons. The van der Waals surface area contributed by atoms with Gasteiger partial charge in [0.1, 0.15) is 11.6 Å². The molecular formula is C12H18FN3O. The Balaban J connectivity index is 3.04. The first-order valence-electron chi connectivity index (χ1n) is 5.69. The molecule has 1 aromatic rings. The van der Waals surface area contributed by atoms with E-state index in [-0.39, 0.29) is 23.3 Å². The Morgan fingerprint density at radius 1 is 1.59 bits per heavy atom. The molecule has 0 aromatic carbocycles. The zero-order valence-electron chi connectivity index (χ0n) is 10.4. The van der Waals surface area contributed by atoms with Crippen molar-refractivity contribution in [3.63, 3.8) is 0 Å². The van der Waals surface area contributed by atoms with Crippen LogP contribution in [-0.4, -0.2) is 28.4 Å². The van der Waals surface area contributed by atoms with E-state index >= 15 is 0 Å². The topological polar surface area (TPSA) is 59.2 Å². The highest BCUT2D eigenvalue weighted by atomic mass is 19.1. The molecule has 0 aliphatic carbocycles. The molecule has 1 aromatic heterocycles. The summed E-state index contributed by atoms with van der Waals surface area (Å²) in [6.45, 7) is 6.43. The summed E-state index contributed by atoms with van der Waals surface area (Å²) < 4.78 is 13.1. The second kappa shape index (κ2) is 5.61. The van der Waals surface area contributed by atoms with Crippen LogP contribution in [0.1, 0.15) is 37.6 Å². The van der Waals surface area contributed by atoms with Gasteiger partial charge >= 0.3 is 0 Å². The smallest absolute Gasteiger partial charge is 0.257 e. The molecule has 1 rings (SSSR count). The number of amides is 1. The van der Waals surface area contributed by atoms with Gasteiger partial charge in [-0.2, -0.15) is 0 Å². The van der Waals surface area contributed by atoms with Crippen molar-refractivity contribution in [1.29, 1.82) is 0 Å². The lowest BCUT2D eigenvalue weighted by Gasteiger charge is -2.26. The van der Waals surface area contributed by atoms with Crippen LogP contribution in [0.15, 0.2) is 12.3 Å². The van der Waals surface area contributed by atoms with Crippen LogP contribution in [0, 0.1) is 5.82 Å². The van der Waals surface area contributed by atoms with Crippen molar-refractivity contribution in [3.05, 3.63) is 23.6 Å². The summed E-state index contributed by atoms with van der Waals surface area (Å²) in [6.07, 6.45) is 1.85. The van der Waals surface area contributed by atoms with Gasteiger partial charge in [0.15, 0.2) is 0 Å². The van der Waals surface area contributed by atoms with Gasteiger partial charge in [-0.15, -0.1) is 0 Å². The number of rotatable bonds is 4. The summed E-state index contributed by atoms with van der Waals surface area (Å²) in [5.41, 5.74) is 5.73. The van der Waals surface area contributed by atoms with Crippen molar-refractivity contribution in [2.45, 2.75) is 33.2 Å². The molecule has 17 heavy (non-hydrogen) atoms. The summed E-state index contributed by atoms with van der Waals surface area (Å²) in [6, 6.07) is 1.18. The minimum Gasteiger partial charge on any atom is -0.383 e. The Bertz CT molecular complexity index is 407. The van der Waals surface area contributed by atoms with Gasteiger partial charge in [-0.25, -0.2) is 9.37 Å². The number of hydrogen-bond acceptors (Lipinski definition) is 3. The molecular weight excluding hydrogens is 221 g/mol. The normalized spacial score (nSPS) is 10.6. The maximum atomic E-state index is 13.1. The van der Waals surface area contributed by atoms with Crippen LogP contribution in [0.2, 0.25) is 0 Å². The van der Waals surface area contributed by atoms with Gasteiger partial charge in [0.2, 0.25) is 0 Å². The monoisotopic (exact) mass is 239 g/mol. The summed E-state index contributed by atoms with van der Waals surface area (Å²) in [5, 5.41) is 0. The van der Waals surface area contributed by atoms with Crippen LogP contribution in [0.3, 0.4) is 0 Å². The number of aromatic nitrogens is 1. The number of anilines is 1. The van der Waals surface area contributed by atoms with Crippen LogP contribution in [0.4, 0.5) is 10.2 Å². The third-order valence-corrected chi connectivity index (χ3v) is 2.46. The molecule has 4 nitrogen and oxygen atoms in total. The van der Waals surface area contributed by atoms with Crippen LogP contribution < -0.4 is 5.73 Å². The van der Waals surface area contributed by atoms with E-state index in [2.05, 4.69) is 4.98 Å². The maximum Gasteiger partial charge on any atom is 0.257 e. The minimum absolute atomic E-state index is 0.0464. The lowest BCUT2D eigenvalue weighted by molar-refractivity contribution is 0.0706. The van der Waals surface area contributed by atoms with E-state index in [1.54, 1.807) is 4.90 Å². The predicted molar refractivity (Wildman–Crippen MR) is 65.1 cm³/mol. The molecule has 0 fully saturated rings. The average Bonchev–Trinajstić information content (AvgIpc) is 2.28. The van der Waals surface area contributed by atoms with E-state index in [0.29, 0.717) is 6.54 Å². The number of nitrogens with zero attached hydrogens (tertiary/aromatic N) is 2. The number of halogens is 1. The zero-order valence-corrected chi connectivity index (χ0v) is 10.4. The standard InChI is InChI=1S/C12H18FN3O/c1-4-5-16(8(2)3)12(17)10-6-9(13)7-15-11(10)14/h6-8H,4-5H2,1-3H3,(H2,14,15). The Hall–Kier alpha value is -1.65. The number of pyridine rings is 1. The highest BCUT2D eigenvalue weighted by molar-refractivity contribution is 5.98. The summed E-state index contributed by atoms with van der Waals surface area (Å²) >= 11 is 0. The fourth-order valence-corrected chi connectivity index (χ4v) is 1.61. The highest BCUT2D eigenvalue weighted by Gasteiger charge is 2.21. The first-order valence-corrected chi connectivity index (χ1v) is 5.69. The molecule has 0 aliphatic rings. The summed E-state index contributed by atoms with van der Waals surface area (Å²) in [5.74, 6) is -0.757. The van der Waals surface area contributed by atoms with Crippen LogP contribution in [-0.2, 0) is 0 Å². The van der Waals surface area contributed by atoms with Gasteiger partial charge in [-0.05, 0) is 26.3 Å². The Morgan fingerprint density at radius 2 is 2.24 bits per heavy atom. The molecule has 0 bridgehead atoms. The van der Waals surface area contributed by atoms with E-state index in [9.17, 15) is 9.18 Å². The number of hydrogen-bond donors (Lipinski definition) is 1. The lowest BCUT2D eigenvalue weighted by atomic mass is 10.2. The molecule has 0 unspecified atom stereocenters. The van der Waals surface area contributed by atoms with Crippen molar-refractivity contribution in [2.24, 2.45) is 0 Å². The Labute approximate surface area is 101 Å². The number of nitrogens with two attached hydrogens (primary N) is 1. The quantitative estimate of drug-likeness (QED) is 0.875. The number of carbonyl (C=O) groups excluding carboxylic acids is 1. The van der Waals surface area contributed by atoms with Gasteiger partial charge in [0, 0.05) is 12.6 Å². The predicted octanol–water partition coefficient (Wildman–Crippen LogP) is 2.06. The minimum atomic E-state index is -0.553. The summed E-state index contributed by atoms with van der Waals surface area (Å²) in [4.78, 5) is 17.5. The van der Waals surface area contributed by atoms with Gasteiger partial charge in [0.25, 0.3) is 5.91 Å². The maximum absolute atomic E-state index is 13.1. The number of nitrogen functional groups attached to an aromatic ring is 1. The molecule has 0 spiro atoms. The van der Waals surface area contributed by atoms with Gasteiger partial charge in [0.05, 0.1) is 11.8 Å². The van der Waals surface area contributed by atoms with Crippen molar-refractivity contribution in [3.8, 4) is 0 Å². The van der Waals surface area contributed by atoms with Crippen LogP contribution in [0.25, 0.3) is 0 Å². The first kappa shape index (κ1) is 13.4. The molecule has 0 atom stereocenters. The van der Waals surface area contributed by atoms with Crippen molar-refractivity contribution < 1.29 is 9.18 Å². The molecule has 1 heterocycles. The largest absolute Gasteiger partial charge is 0.383 e. The molecule has 0 aliphatic heterocycles. The van der Waals surface area contributed by atoms with E-state index < -0.39 is 5.82 Å². The fourth-order valence-electron chi connectivity index (χ4n) is 1.61. The Kier molecular flexibility index (Phi) is 4.43. The highest BCUT2D eigenvalue weighted by Crippen LogP contribution is 2.15. The number of carbonyl (C=O) groups is 1. The van der Waals surface area contributed by atoms with Gasteiger partial charge < -0.3 is 10.6 Å². The SMILES string of the molecule is CCCN(C(=O)c1cc(F)cnc1N)C(C)C. The zero-order chi connectivity index (χ0) is 13.0. The van der Waals surface area contributed by atoms with E-state index in [1.807, 2.05) is 20.8 Å². The van der Waals surface area contributed by atoms with Gasteiger partial charge in [-0.1, -0.05) is 6.92 Å². The third kappa shape index (κ3) is 3.15. The molecule has 2 N–H and O–H groups in total. The van der Waals surface area contributed by atoms with Crippen molar-refractivity contribution in [2.75, 3.05) is 12.3 Å². The lowest BCUT2D eigenvalue weighted by Crippen LogP contribution is -2.38.